The molecule has 0 atom stereocenters. The first kappa shape index (κ1) is 28.3. The number of amidine groups is 1. The summed E-state index contributed by atoms with van der Waals surface area (Å²) in [7, 11) is 0. The Kier molecular flexibility index (Phi) is 7.99. The van der Waals surface area contributed by atoms with Crippen LogP contribution in [0.5, 0.6) is 0 Å². The van der Waals surface area contributed by atoms with E-state index >= 15 is 0 Å². The van der Waals surface area contributed by atoms with Gasteiger partial charge in [0.2, 0.25) is 5.88 Å². The number of nitrogens with one attached hydrogen (secondary N) is 1. The molecule has 1 aliphatic heterocycles. The van der Waals surface area contributed by atoms with Gasteiger partial charge < -0.3 is 4.52 Å². The molecule has 1 spiro atoms. The molecule has 212 valence electrons. The van der Waals surface area contributed by atoms with E-state index in [4.69, 9.17) is 9.52 Å². The highest BCUT2D eigenvalue weighted by molar-refractivity contribution is 8.00. The predicted molar refractivity (Wildman–Crippen MR) is 151 cm³/mol. The maximum atomic E-state index is 14.5. The van der Waals surface area contributed by atoms with Crippen LogP contribution in [0.4, 0.5) is 19.1 Å². The number of amides is 1. The monoisotopic (exact) mass is 570 g/mol. The molecule has 1 aliphatic carbocycles. The molecule has 3 aromatic rings. The third-order valence-electron chi connectivity index (χ3n) is 7.80. The van der Waals surface area contributed by atoms with Crippen molar-refractivity contribution >= 4 is 29.6 Å². The minimum absolute atomic E-state index is 0.0699. The first-order valence-corrected chi connectivity index (χ1v) is 14.5. The first-order valence-electron chi connectivity index (χ1n) is 13.7. The second-order valence-corrected chi connectivity index (χ2v) is 11.4. The van der Waals surface area contributed by atoms with Gasteiger partial charge in [-0.15, -0.1) is 0 Å². The van der Waals surface area contributed by atoms with Gasteiger partial charge in [-0.05, 0) is 73.9 Å². The summed E-state index contributed by atoms with van der Waals surface area (Å²) in [6.45, 7) is 5.83. The summed E-state index contributed by atoms with van der Waals surface area (Å²) in [5.41, 5.74) is 1.07. The molecule has 2 aliphatic rings. The van der Waals surface area contributed by atoms with Crippen LogP contribution >= 0.6 is 11.9 Å². The lowest BCUT2D eigenvalue weighted by atomic mass is 9.96. The van der Waals surface area contributed by atoms with Crippen LogP contribution in [0, 0.1) is 13.8 Å². The Morgan fingerprint density at radius 2 is 1.85 bits per heavy atom. The summed E-state index contributed by atoms with van der Waals surface area (Å²) in [6.07, 6.45) is 1.19. The fourth-order valence-electron chi connectivity index (χ4n) is 5.43. The number of unbranched alkanes of at least 4 members (excludes halogenated alkanes) is 1. The SMILES string of the molecule is CCCCC1=NC2(CCCC2)C(=O)N1Cc1ccc(-c2ccccc2SNc2onc(C)c2C)c(C(F)(F)F)c1. The number of anilines is 1. The Balaban J connectivity index is 1.45. The van der Waals surface area contributed by atoms with Crippen LogP contribution in [0.2, 0.25) is 0 Å². The molecule has 1 saturated carbocycles. The van der Waals surface area contributed by atoms with E-state index in [1.165, 1.54) is 24.1 Å². The number of carbonyl (C=O) groups is 1. The van der Waals surface area contributed by atoms with Crippen molar-refractivity contribution < 1.29 is 22.5 Å². The van der Waals surface area contributed by atoms with Gasteiger partial charge in [0.1, 0.15) is 11.4 Å². The maximum absolute atomic E-state index is 14.5. The van der Waals surface area contributed by atoms with E-state index in [1.54, 1.807) is 35.2 Å². The number of rotatable bonds is 9. The highest BCUT2D eigenvalue weighted by Gasteiger charge is 2.49. The number of halogens is 3. The molecule has 10 heteroatoms. The number of aliphatic imine (C=N–C) groups is 1. The normalized spacial score (nSPS) is 16.7. The van der Waals surface area contributed by atoms with Crippen LogP contribution in [-0.4, -0.2) is 27.3 Å². The third-order valence-corrected chi connectivity index (χ3v) is 8.66. The number of aromatic nitrogens is 1. The Bertz CT molecular complexity index is 1430. The first-order chi connectivity index (χ1) is 19.1. The average molecular weight is 571 g/mol. The van der Waals surface area contributed by atoms with E-state index in [0.29, 0.717) is 47.0 Å². The fraction of sp³-hybridized carbons (Fsp3) is 0.433. The van der Waals surface area contributed by atoms with Crippen LogP contribution in [-0.2, 0) is 17.5 Å². The molecule has 6 nitrogen and oxygen atoms in total. The fourth-order valence-corrected chi connectivity index (χ4v) is 6.26. The molecule has 1 N–H and O–H groups in total. The van der Waals surface area contributed by atoms with Gasteiger partial charge in [-0.2, -0.15) is 13.2 Å². The van der Waals surface area contributed by atoms with Crippen LogP contribution < -0.4 is 4.72 Å². The summed E-state index contributed by atoms with van der Waals surface area (Å²) < 4.78 is 51.8. The lowest BCUT2D eigenvalue weighted by Crippen LogP contribution is -2.40. The number of hydrogen-bond acceptors (Lipinski definition) is 6. The van der Waals surface area contributed by atoms with Gasteiger partial charge >= 0.3 is 6.18 Å². The minimum Gasteiger partial charge on any atom is -0.337 e. The Labute approximate surface area is 236 Å². The zero-order valence-corrected chi connectivity index (χ0v) is 23.7. The van der Waals surface area contributed by atoms with Crippen molar-refractivity contribution in [3.63, 3.8) is 0 Å². The van der Waals surface area contributed by atoms with Gasteiger partial charge in [0.25, 0.3) is 5.91 Å². The van der Waals surface area contributed by atoms with E-state index in [2.05, 4.69) is 16.8 Å². The van der Waals surface area contributed by atoms with Gasteiger partial charge in [0, 0.05) is 16.9 Å². The molecule has 2 aromatic carbocycles. The summed E-state index contributed by atoms with van der Waals surface area (Å²) in [5, 5.41) is 3.92. The molecular formula is C30H33F3N4O2S. The van der Waals surface area contributed by atoms with Crippen molar-refractivity contribution in [2.24, 2.45) is 4.99 Å². The quantitative estimate of drug-likeness (QED) is 0.262. The second kappa shape index (κ2) is 11.3. The molecule has 0 saturated heterocycles. The van der Waals surface area contributed by atoms with Crippen LogP contribution in [0.1, 0.15) is 74.3 Å². The van der Waals surface area contributed by atoms with Gasteiger partial charge in [-0.1, -0.05) is 61.7 Å². The molecule has 40 heavy (non-hydrogen) atoms. The molecule has 5 rings (SSSR count). The molecule has 1 fully saturated rings. The zero-order chi connectivity index (χ0) is 28.5. The number of alkyl halides is 3. The number of hydrogen-bond donors (Lipinski definition) is 1. The number of carbonyl (C=O) groups excluding carboxylic acids is 1. The zero-order valence-electron chi connectivity index (χ0n) is 22.9. The summed E-state index contributed by atoms with van der Waals surface area (Å²) >= 11 is 1.17. The van der Waals surface area contributed by atoms with Crippen molar-refractivity contribution in [3.8, 4) is 11.1 Å². The second-order valence-electron chi connectivity index (χ2n) is 10.6. The van der Waals surface area contributed by atoms with Crippen LogP contribution in [0.25, 0.3) is 11.1 Å². The van der Waals surface area contributed by atoms with Gasteiger partial charge in [-0.3, -0.25) is 19.4 Å². The lowest BCUT2D eigenvalue weighted by Gasteiger charge is -2.24. The molecule has 2 heterocycles. The summed E-state index contributed by atoms with van der Waals surface area (Å²) in [5.74, 6) is 1.09. The largest absolute Gasteiger partial charge is 0.417 e. The molecule has 1 amide bonds. The van der Waals surface area contributed by atoms with Crippen molar-refractivity contribution in [2.75, 3.05) is 4.72 Å². The van der Waals surface area contributed by atoms with Crippen molar-refractivity contribution in [1.82, 2.24) is 10.1 Å². The third kappa shape index (κ3) is 5.50. The van der Waals surface area contributed by atoms with Crippen molar-refractivity contribution in [3.05, 3.63) is 64.8 Å². The molecular weight excluding hydrogens is 537 g/mol. The minimum atomic E-state index is -4.59. The number of benzene rings is 2. The van der Waals surface area contributed by atoms with Crippen LogP contribution in [0.3, 0.4) is 0 Å². The smallest absolute Gasteiger partial charge is 0.337 e. The topological polar surface area (TPSA) is 70.7 Å². The van der Waals surface area contributed by atoms with E-state index in [9.17, 15) is 18.0 Å². The van der Waals surface area contributed by atoms with Gasteiger partial charge in [0.15, 0.2) is 0 Å². The highest BCUT2D eigenvalue weighted by Crippen LogP contribution is 2.43. The Morgan fingerprint density at radius 1 is 1.10 bits per heavy atom. The molecule has 0 bridgehead atoms. The molecule has 0 radical (unpaired) electrons. The average Bonchev–Trinajstić information content (AvgIpc) is 3.61. The van der Waals surface area contributed by atoms with E-state index in [-0.39, 0.29) is 18.0 Å². The van der Waals surface area contributed by atoms with Crippen LogP contribution in [0.15, 0.2) is 56.9 Å². The van der Waals surface area contributed by atoms with E-state index < -0.39 is 17.3 Å². The van der Waals surface area contributed by atoms with Crippen molar-refractivity contribution in [1.29, 1.82) is 0 Å². The van der Waals surface area contributed by atoms with Crippen molar-refractivity contribution in [2.45, 2.75) is 88.9 Å². The standard InChI is InChI=1S/C30H33F3N4O2S/c1-4-5-12-26-34-29(15-8-9-16-29)28(38)37(26)18-21-13-14-22(24(17-21)30(31,32)33)23-10-6-7-11-25(23)40-36-27-19(2)20(3)35-39-27/h6-7,10-11,13-14,17,36H,4-5,8-9,12,15-16,18H2,1-3H3. The Morgan fingerprint density at radius 3 is 2.52 bits per heavy atom. The van der Waals surface area contributed by atoms with Gasteiger partial charge in [0.05, 0.1) is 17.8 Å². The maximum Gasteiger partial charge on any atom is 0.417 e. The predicted octanol–water partition coefficient (Wildman–Crippen LogP) is 8.34. The van der Waals surface area contributed by atoms with E-state index in [1.807, 2.05) is 13.8 Å². The van der Waals surface area contributed by atoms with E-state index in [0.717, 1.165) is 36.9 Å². The molecule has 1 aromatic heterocycles. The summed E-state index contributed by atoms with van der Waals surface area (Å²) in [6, 6.07) is 11.3. The lowest BCUT2D eigenvalue weighted by molar-refractivity contribution is -0.137. The molecule has 0 unspecified atom stereocenters. The number of nitrogens with zero attached hydrogens (tertiary/aromatic N) is 3. The number of aryl methyl sites for hydroxylation is 1. The summed E-state index contributed by atoms with van der Waals surface area (Å²) in [4.78, 5) is 20.6. The highest BCUT2D eigenvalue weighted by atomic mass is 32.2. The Hall–Kier alpha value is -3.27. The van der Waals surface area contributed by atoms with Gasteiger partial charge in [-0.25, -0.2) is 0 Å².